The summed E-state index contributed by atoms with van der Waals surface area (Å²) in [6, 6.07) is 5.52. The Labute approximate surface area is 151 Å². The molecular weight excluding hydrogens is 341 g/mol. The van der Waals surface area contributed by atoms with E-state index in [1.165, 1.54) is 12.1 Å². The molecule has 0 aliphatic carbocycles. The van der Waals surface area contributed by atoms with Crippen molar-refractivity contribution in [3.63, 3.8) is 0 Å². The van der Waals surface area contributed by atoms with E-state index < -0.39 is 20.1 Å². The lowest BCUT2D eigenvalue weighted by molar-refractivity contribution is -0.137. The van der Waals surface area contributed by atoms with Gasteiger partial charge in [0.05, 0.1) is 11.7 Å². The van der Waals surface area contributed by atoms with E-state index in [4.69, 9.17) is 4.43 Å². The molecule has 0 saturated carbocycles. The summed E-state index contributed by atoms with van der Waals surface area (Å²) in [6.45, 7) is 18.0. The molecular formula is C20H31F3OSi. The van der Waals surface area contributed by atoms with E-state index in [2.05, 4.69) is 55.4 Å². The lowest BCUT2D eigenvalue weighted by Gasteiger charge is -2.51. The summed E-state index contributed by atoms with van der Waals surface area (Å²) >= 11 is 0. The van der Waals surface area contributed by atoms with Gasteiger partial charge >= 0.3 is 6.18 Å². The van der Waals surface area contributed by atoms with Gasteiger partial charge in [0.15, 0.2) is 0 Å². The molecule has 0 bridgehead atoms. The highest BCUT2D eigenvalue weighted by atomic mass is 28.4. The fourth-order valence-electron chi connectivity index (χ4n) is 5.13. The highest BCUT2D eigenvalue weighted by molar-refractivity contribution is 6.81. The van der Waals surface area contributed by atoms with Gasteiger partial charge in [0, 0.05) is 0 Å². The number of alkyl halides is 3. The van der Waals surface area contributed by atoms with Crippen LogP contribution in [-0.4, -0.2) is 8.32 Å². The third-order valence-electron chi connectivity index (χ3n) is 6.02. The van der Waals surface area contributed by atoms with Gasteiger partial charge in [-0.05, 0) is 39.2 Å². The molecule has 1 heterocycles. The van der Waals surface area contributed by atoms with Gasteiger partial charge in [-0.15, -0.1) is 0 Å². The van der Waals surface area contributed by atoms with Crippen LogP contribution in [-0.2, 0) is 10.6 Å². The van der Waals surface area contributed by atoms with Gasteiger partial charge in [0.1, 0.15) is 0 Å². The van der Waals surface area contributed by atoms with Crippen LogP contribution < -0.4 is 0 Å². The summed E-state index contributed by atoms with van der Waals surface area (Å²) < 4.78 is 45.4. The van der Waals surface area contributed by atoms with E-state index >= 15 is 0 Å². The minimum atomic E-state index is -4.30. The molecule has 142 valence electrons. The Balaban J connectivity index is 2.46. The van der Waals surface area contributed by atoms with Crippen molar-refractivity contribution in [2.24, 2.45) is 5.92 Å². The van der Waals surface area contributed by atoms with Crippen molar-refractivity contribution in [3.8, 4) is 0 Å². The minimum absolute atomic E-state index is 0.0413. The molecule has 1 aliphatic rings. The Morgan fingerprint density at radius 3 is 1.60 bits per heavy atom. The smallest absolute Gasteiger partial charge is 0.408 e. The van der Waals surface area contributed by atoms with Gasteiger partial charge in [-0.3, -0.25) is 0 Å². The number of rotatable bonds is 1. The maximum Gasteiger partial charge on any atom is 0.416 e. The topological polar surface area (TPSA) is 9.23 Å². The van der Waals surface area contributed by atoms with Crippen molar-refractivity contribution in [2.45, 2.75) is 83.3 Å². The molecule has 25 heavy (non-hydrogen) atoms. The fraction of sp³-hybridized carbons (Fsp3) is 0.700. The Hall–Kier alpha value is -0.813. The van der Waals surface area contributed by atoms with Crippen molar-refractivity contribution in [3.05, 3.63) is 35.4 Å². The van der Waals surface area contributed by atoms with E-state index in [1.54, 1.807) is 12.1 Å². The second-order valence-electron chi connectivity index (χ2n) is 9.54. The second kappa shape index (κ2) is 6.12. The lowest BCUT2D eigenvalue weighted by Crippen LogP contribution is -2.54. The lowest BCUT2D eigenvalue weighted by atomic mass is 9.94. The van der Waals surface area contributed by atoms with Crippen LogP contribution in [0, 0.1) is 5.92 Å². The summed E-state index contributed by atoms with van der Waals surface area (Å²) in [5.41, 5.74) is 0.667. The summed E-state index contributed by atoms with van der Waals surface area (Å²) in [5.74, 6) is 0.279. The van der Waals surface area contributed by atoms with Crippen LogP contribution in [0.3, 0.4) is 0 Å². The Bertz CT molecular complexity index is 594. The van der Waals surface area contributed by atoms with E-state index in [0.29, 0.717) is 5.54 Å². The monoisotopic (exact) mass is 372 g/mol. The van der Waals surface area contributed by atoms with E-state index in [-0.39, 0.29) is 22.1 Å². The molecule has 1 saturated heterocycles. The van der Waals surface area contributed by atoms with Crippen molar-refractivity contribution >= 4 is 8.32 Å². The molecule has 1 aromatic carbocycles. The highest BCUT2D eigenvalue weighted by Gasteiger charge is 2.65. The quantitative estimate of drug-likeness (QED) is 0.468. The van der Waals surface area contributed by atoms with Crippen LogP contribution in [0.2, 0.25) is 15.6 Å². The van der Waals surface area contributed by atoms with Crippen LogP contribution in [0.1, 0.15) is 72.6 Å². The van der Waals surface area contributed by atoms with Gasteiger partial charge in [-0.25, -0.2) is 0 Å². The molecule has 0 radical (unpaired) electrons. The predicted octanol–water partition coefficient (Wildman–Crippen LogP) is 7.35. The first-order chi connectivity index (χ1) is 11.1. The molecule has 5 heteroatoms. The molecule has 1 nitrogen and oxygen atoms in total. The van der Waals surface area contributed by atoms with Gasteiger partial charge in [0.2, 0.25) is 8.32 Å². The van der Waals surface area contributed by atoms with Crippen LogP contribution in [0.25, 0.3) is 0 Å². The molecule has 2 rings (SSSR count). The first-order valence-corrected chi connectivity index (χ1v) is 11.0. The van der Waals surface area contributed by atoms with E-state index in [1.807, 2.05) is 0 Å². The molecule has 0 aromatic heterocycles. The first kappa shape index (κ1) is 20.5. The zero-order chi connectivity index (χ0) is 19.4. The van der Waals surface area contributed by atoms with Crippen molar-refractivity contribution in [1.29, 1.82) is 0 Å². The SMILES string of the molecule is C[C@H]1[C@@H](C)[Si](C(C)(C)C)(C(C)(C)C)O[C@H]1c1ccc(C(F)(F)F)cc1. The normalized spacial score (nSPS) is 27.6. The number of halogens is 3. The van der Waals surface area contributed by atoms with Crippen LogP contribution >= 0.6 is 0 Å². The van der Waals surface area contributed by atoms with Crippen molar-refractivity contribution in [1.82, 2.24) is 0 Å². The zero-order valence-corrected chi connectivity index (χ0v) is 17.6. The first-order valence-electron chi connectivity index (χ1n) is 8.98. The fourth-order valence-corrected chi connectivity index (χ4v) is 12.7. The van der Waals surface area contributed by atoms with Crippen LogP contribution in [0.15, 0.2) is 24.3 Å². The third kappa shape index (κ3) is 3.30. The van der Waals surface area contributed by atoms with E-state index in [9.17, 15) is 13.2 Å². The van der Waals surface area contributed by atoms with Crippen LogP contribution in [0.5, 0.6) is 0 Å². The standard InChI is InChI=1S/C20H31F3OSi/c1-13-14(2)25(18(3,4)5,19(6,7)8)24-17(13)15-9-11-16(12-10-15)20(21,22)23/h9-14,17H,1-8H3/t13-,14+,17+/m0/s1. The minimum Gasteiger partial charge on any atom is -0.408 e. The summed E-state index contributed by atoms with van der Waals surface area (Å²) in [7, 11) is -2.22. The Morgan fingerprint density at radius 2 is 1.28 bits per heavy atom. The maximum absolute atomic E-state index is 12.8. The van der Waals surface area contributed by atoms with Crippen molar-refractivity contribution < 1.29 is 17.6 Å². The average Bonchev–Trinajstić information content (AvgIpc) is 2.71. The second-order valence-corrected chi connectivity index (χ2v) is 15.2. The predicted molar refractivity (Wildman–Crippen MR) is 99.0 cm³/mol. The van der Waals surface area contributed by atoms with Crippen molar-refractivity contribution in [2.75, 3.05) is 0 Å². The number of hydrogen-bond donors (Lipinski definition) is 0. The molecule has 1 aromatic rings. The Morgan fingerprint density at radius 1 is 0.840 bits per heavy atom. The van der Waals surface area contributed by atoms with Crippen LogP contribution in [0.4, 0.5) is 13.2 Å². The molecule has 0 amide bonds. The Kier molecular flexibility index (Phi) is 5.02. The van der Waals surface area contributed by atoms with E-state index in [0.717, 1.165) is 5.56 Å². The molecule has 0 spiro atoms. The van der Waals surface area contributed by atoms with Gasteiger partial charge in [-0.1, -0.05) is 67.5 Å². The van der Waals surface area contributed by atoms with Gasteiger partial charge in [0.25, 0.3) is 0 Å². The molecule has 1 fully saturated rings. The maximum atomic E-state index is 12.8. The number of benzene rings is 1. The highest BCUT2D eigenvalue weighted by Crippen LogP contribution is 2.66. The summed E-state index contributed by atoms with van der Waals surface area (Å²) in [5, 5.41) is 0.0825. The third-order valence-corrected chi connectivity index (χ3v) is 12.9. The summed E-state index contributed by atoms with van der Waals surface area (Å²) in [4.78, 5) is 0. The molecule has 0 N–H and O–H groups in total. The average molecular weight is 373 g/mol. The van der Waals surface area contributed by atoms with Gasteiger partial charge < -0.3 is 4.43 Å². The molecule has 1 aliphatic heterocycles. The molecule has 0 unspecified atom stereocenters. The zero-order valence-electron chi connectivity index (χ0n) is 16.6. The number of hydrogen-bond acceptors (Lipinski definition) is 1. The molecule has 3 atom stereocenters. The van der Waals surface area contributed by atoms with Gasteiger partial charge in [-0.2, -0.15) is 13.2 Å². The summed E-state index contributed by atoms with van der Waals surface area (Å²) in [6.07, 6.45) is -4.44. The largest absolute Gasteiger partial charge is 0.416 e.